The van der Waals surface area contributed by atoms with Crippen LogP contribution in [0.5, 0.6) is 0 Å². The molecule has 0 aliphatic carbocycles. The van der Waals surface area contributed by atoms with Crippen molar-refractivity contribution in [2.24, 2.45) is 0 Å². The van der Waals surface area contributed by atoms with E-state index >= 15 is 0 Å². The number of aliphatic hydroxyl groups is 1. The fourth-order valence-corrected chi connectivity index (χ4v) is 3.24. The van der Waals surface area contributed by atoms with Gasteiger partial charge in [0.25, 0.3) is 0 Å². The highest BCUT2D eigenvalue weighted by Crippen LogP contribution is 2.27. The minimum absolute atomic E-state index is 0.0559. The summed E-state index contributed by atoms with van der Waals surface area (Å²) in [7, 11) is 0. The fraction of sp³-hybridized carbons (Fsp3) is 0.333. The highest BCUT2D eigenvalue weighted by Gasteiger charge is 2.16. The second-order valence-corrected chi connectivity index (χ2v) is 5.91. The third-order valence-electron chi connectivity index (χ3n) is 3.28. The minimum atomic E-state index is -0.0559. The molecule has 0 aliphatic rings. The van der Waals surface area contributed by atoms with Crippen LogP contribution < -0.4 is 0 Å². The molecule has 0 amide bonds. The predicted octanol–water partition coefficient (Wildman–Crippen LogP) is 3.21. The molecule has 0 bridgehead atoms. The van der Waals surface area contributed by atoms with E-state index in [0.29, 0.717) is 0 Å². The highest BCUT2D eigenvalue weighted by molar-refractivity contribution is 7.16. The number of nitrogens with zero attached hydrogens (tertiary/aromatic N) is 3. The molecule has 0 spiro atoms. The summed E-state index contributed by atoms with van der Waals surface area (Å²) in [4.78, 5) is 5.50. The molecule has 2 aromatic heterocycles. The number of hydrogen-bond acceptors (Lipinski definition) is 4. The van der Waals surface area contributed by atoms with Crippen LogP contribution in [0.3, 0.4) is 0 Å². The van der Waals surface area contributed by atoms with E-state index in [2.05, 4.69) is 36.1 Å². The number of hydrogen-bond donors (Lipinski definition) is 1. The topological polar surface area (TPSA) is 50.4 Å². The van der Waals surface area contributed by atoms with E-state index < -0.39 is 0 Å². The van der Waals surface area contributed by atoms with E-state index in [1.807, 2.05) is 12.1 Å². The van der Waals surface area contributed by atoms with Crippen molar-refractivity contribution in [3.05, 3.63) is 40.5 Å². The summed E-state index contributed by atoms with van der Waals surface area (Å²) >= 11 is 1.60. The maximum Gasteiger partial charge on any atom is 0.213 e. The fourth-order valence-electron chi connectivity index (χ4n) is 2.23. The van der Waals surface area contributed by atoms with Crippen molar-refractivity contribution in [2.45, 2.75) is 33.3 Å². The van der Waals surface area contributed by atoms with E-state index in [0.717, 1.165) is 39.8 Å². The van der Waals surface area contributed by atoms with Gasteiger partial charge < -0.3 is 5.11 Å². The summed E-state index contributed by atoms with van der Waals surface area (Å²) in [5.41, 5.74) is 3.83. The van der Waals surface area contributed by atoms with Gasteiger partial charge in [0.05, 0.1) is 18.0 Å². The molecule has 0 saturated heterocycles. The van der Waals surface area contributed by atoms with Gasteiger partial charge in [0.2, 0.25) is 4.96 Å². The van der Waals surface area contributed by atoms with Gasteiger partial charge in [-0.3, -0.25) is 0 Å². The van der Waals surface area contributed by atoms with Gasteiger partial charge in [-0.15, -0.1) is 0 Å². The van der Waals surface area contributed by atoms with Crippen LogP contribution in [0.2, 0.25) is 0 Å². The second kappa shape index (κ2) is 5.34. The van der Waals surface area contributed by atoms with Gasteiger partial charge in [-0.25, -0.2) is 9.50 Å². The Morgan fingerprint density at radius 2 is 2.00 bits per heavy atom. The first-order valence-electron chi connectivity index (χ1n) is 6.78. The molecule has 1 N–H and O–H groups in total. The Labute approximate surface area is 121 Å². The van der Waals surface area contributed by atoms with Gasteiger partial charge in [-0.1, -0.05) is 48.1 Å². The van der Waals surface area contributed by atoms with E-state index in [9.17, 15) is 5.11 Å². The van der Waals surface area contributed by atoms with E-state index in [-0.39, 0.29) is 6.61 Å². The summed E-state index contributed by atoms with van der Waals surface area (Å²) in [6.45, 7) is 4.13. The van der Waals surface area contributed by atoms with Crippen LogP contribution in [0, 0.1) is 6.92 Å². The molecule has 104 valence electrons. The predicted molar refractivity (Wildman–Crippen MR) is 81.0 cm³/mol. The SMILES string of the molecule is CCCc1nn2c(CO)c(-c3ccc(C)cc3)nc2s1. The third-order valence-corrected chi connectivity index (χ3v) is 4.25. The van der Waals surface area contributed by atoms with Crippen LogP contribution in [0.1, 0.15) is 29.6 Å². The van der Waals surface area contributed by atoms with Gasteiger partial charge in [-0.2, -0.15) is 5.10 Å². The molecular weight excluding hydrogens is 270 g/mol. The Kier molecular flexibility index (Phi) is 3.54. The quantitative estimate of drug-likeness (QED) is 0.801. The first-order chi connectivity index (χ1) is 9.72. The average Bonchev–Trinajstić information content (AvgIpc) is 2.96. The van der Waals surface area contributed by atoms with Crippen molar-refractivity contribution in [1.82, 2.24) is 14.6 Å². The second-order valence-electron chi connectivity index (χ2n) is 4.87. The minimum Gasteiger partial charge on any atom is -0.390 e. The van der Waals surface area contributed by atoms with Crippen LogP contribution in [0.15, 0.2) is 24.3 Å². The Morgan fingerprint density at radius 3 is 2.65 bits per heavy atom. The van der Waals surface area contributed by atoms with Crippen molar-refractivity contribution < 1.29 is 5.11 Å². The van der Waals surface area contributed by atoms with Crippen molar-refractivity contribution >= 4 is 16.3 Å². The zero-order chi connectivity index (χ0) is 14.1. The third kappa shape index (κ3) is 2.23. The maximum absolute atomic E-state index is 9.66. The molecule has 3 rings (SSSR count). The highest BCUT2D eigenvalue weighted by atomic mass is 32.1. The molecule has 0 atom stereocenters. The zero-order valence-corrected chi connectivity index (χ0v) is 12.4. The maximum atomic E-state index is 9.66. The van der Waals surface area contributed by atoms with Crippen LogP contribution >= 0.6 is 11.3 Å². The number of rotatable bonds is 4. The number of aromatic nitrogens is 3. The van der Waals surface area contributed by atoms with Gasteiger partial charge in [0.1, 0.15) is 5.01 Å². The molecule has 5 heteroatoms. The first kappa shape index (κ1) is 13.3. The number of benzene rings is 1. The Bertz CT molecular complexity index is 727. The standard InChI is InChI=1S/C15H17N3OS/c1-3-4-13-17-18-12(9-19)14(16-15(18)20-13)11-7-5-10(2)6-8-11/h5-8,19H,3-4,9H2,1-2H3. The molecule has 0 unspecified atom stereocenters. The Hall–Kier alpha value is -1.72. The smallest absolute Gasteiger partial charge is 0.213 e. The molecule has 1 aromatic carbocycles. The number of aryl methyl sites for hydroxylation is 2. The number of fused-ring (bicyclic) bond motifs is 1. The number of aliphatic hydroxyl groups excluding tert-OH is 1. The Balaban J connectivity index is 2.11. The van der Waals surface area contributed by atoms with Gasteiger partial charge in [0, 0.05) is 12.0 Å². The molecule has 3 aromatic rings. The van der Waals surface area contributed by atoms with E-state index in [1.165, 1.54) is 5.56 Å². The molecule has 0 aliphatic heterocycles. The summed E-state index contributed by atoms with van der Waals surface area (Å²) in [5.74, 6) is 0. The normalized spacial score (nSPS) is 11.3. The monoisotopic (exact) mass is 287 g/mol. The lowest BCUT2D eigenvalue weighted by atomic mass is 10.1. The van der Waals surface area contributed by atoms with Crippen molar-refractivity contribution in [1.29, 1.82) is 0 Å². The van der Waals surface area contributed by atoms with E-state index in [1.54, 1.807) is 15.9 Å². The molecule has 0 saturated carbocycles. The van der Waals surface area contributed by atoms with Gasteiger partial charge in [0.15, 0.2) is 0 Å². The average molecular weight is 287 g/mol. The zero-order valence-electron chi connectivity index (χ0n) is 11.6. The van der Waals surface area contributed by atoms with Gasteiger partial charge >= 0.3 is 0 Å². The lowest BCUT2D eigenvalue weighted by molar-refractivity contribution is 0.275. The molecule has 4 nitrogen and oxygen atoms in total. The van der Waals surface area contributed by atoms with Crippen LogP contribution in [-0.4, -0.2) is 19.7 Å². The largest absolute Gasteiger partial charge is 0.390 e. The van der Waals surface area contributed by atoms with Crippen molar-refractivity contribution in [2.75, 3.05) is 0 Å². The van der Waals surface area contributed by atoms with Crippen LogP contribution in [0.25, 0.3) is 16.2 Å². The van der Waals surface area contributed by atoms with Crippen molar-refractivity contribution in [3.63, 3.8) is 0 Å². The Morgan fingerprint density at radius 1 is 1.25 bits per heavy atom. The van der Waals surface area contributed by atoms with Gasteiger partial charge in [-0.05, 0) is 13.3 Å². The summed E-state index contributed by atoms with van der Waals surface area (Å²) in [6, 6.07) is 8.18. The molecular formula is C15H17N3OS. The van der Waals surface area contributed by atoms with Crippen LogP contribution in [0.4, 0.5) is 0 Å². The van der Waals surface area contributed by atoms with Crippen molar-refractivity contribution in [3.8, 4) is 11.3 Å². The van der Waals surface area contributed by atoms with Crippen LogP contribution in [-0.2, 0) is 13.0 Å². The lowest BCUT2D eigenvalue weighted by Gasteiger charge is -2.01. The lowest BCUT2D eigenvalue weighted by Crippen LogP contribution is -1.96. The molecule has 2 heterocycles. The van der Waals surface area contributed by atoms with E-state index in [4.69, 9.17) is 0 Å². The summed E-state index contributed by atoms with van der Waals surface area (Å²) < 4.78 is 1.78. The summed E-state index contributed by atoms with van der Waals surface area (Å²) in [5, 5.41) is 15.3. The summed E-state index contributed by atoms with van der Waals surface area (Å²) in [6.07, 6.45) is 2.02. The first-order valence-corrected chi connectivity index (χ1v) is 7.59. The number of imidazole rings is 1. The molecule has 20 heavy (non-hydrogen) atoms. The molecule has 0 radical (unpaired) electrons. The molecule has 0 fully saturated rings.